The second-order valence-corrected chi connectivity index (χ2v) is 6.04. The Bertz CT molecular complexity index is 156. The highest BCUT2D eigenvalue weighted by molar-refractivity contribution is 6.75. The normalized spacial score (nSPS) is 13.3. The van der Waals surface area contributed by atoms with E-state index in [2.05, 4.69) is 0 Å². The number of halogens is 6. The Morgan fingerprint density at radius 1 is 0.909 bits per heavy atom. The van der Waals surface area contributed by atoms with Crippen molar-refractivity contribution in [1.82, 2.24) is 0 Å². The molecule has 0 aromatic heterocycles. The van der Waals surface area contributed by atoms with E-state index in [1.165, 1.54) is 6.07 Å². The first-order chi connectivity index (χ1) is 4.69. The molecule has 0 rings (SSSR count). The van der Waals surface area contributed by atoms with Gasteiger partial charge in [0.1, 0.15) is 0 Å². The Hall–Kier alpha value is 1.23. The Morgan fingerprint density at radius 2 is 1.18 bits per heavy atom. The zero-order chi connectivity index (χ0) is 9.28. The quantitative estimate of drug-likeness (QED) is 0.616. The molecule has 0 heterocycles. The third kappa shape index (κ3) is 4.12. The van der Waals surface area contributed by atoms with Crippen LogP contribution in [-0.4, -0.2) is 7.59 Å². The summed E-state index contributed by atoms with van der Waals surface area (Å²) in [4.78, 5) is 0. The van der Waals surface area contributed by atoms with Crippen LogP contribution in [0.4, 0.5) is 0 Å². The second kappa shape index (κ2) is 3.96. The van der Waals surface area contributed by atoms with Crippen LogP contribution in [0.5, 0.6) is 0 Å². The van der Waals surface area contributed by atoms with Gasteiger partial charge >= 0.3 is 0 Å². The molecule has 0 aliphatic rings. The van der Waals surface area contributed by atoms with E-state index in [0.717, 1.165) is 0 Å². The van der Waals surface area contributed by atoms with Gasteiger partial charge in [0.15, 0.2) is 5.92 Å². The fourth-order valence-electron chi connectivity index (χ4n) is 0.287. The van der Waals surface area contributed by atoms with Crippen molar-refractivity contribution >= 4 is 69.6 Å². The number of nitriles is 1. The van der Waals surface area contributed by atoms with Crippen LogP contribution in [0.3, 0.4) is 0 Å². The Morgan fingerprint density at radius 3 is 1.18 bits per heavy atom. The van der Waals surface area contributed by atoms with E-state index >= 15 is 0 Å². The molecule has 0 atom stereocenters. The molecule has 0 saturated carbocycles. The van der Waals surface area contributed by atoms with Crippen LogP contribution in [0.2, 0.25) is 0 Å². The fourth-order valence-corrected chi connectivity index (χ4v) is 1.83. The summed E-state index contributed by atoms with van der Waals surface area (Å²) in [5.74, 6) is -0.444. The molecule has 0 saturated heterocycles. The van der Waals surface area contributed by atoms with Crippen molar-refractivity contribution in [3.8, 4) is 6.07 Å². The highest BCUT2D eigenvalue weighted by Gasteiger charge is 2.48. The molecule has 0 aliphatic heterocycles. The van der Waals surface area contributed by atoms with Gasteiger partial charge in [-0.2, -0.15) is 5.26 Å². The maximum absolute atomic E-state index is 8.40. The summed E-state index contributed by atoms with van der Waals surface area (Å²) < 4.78 is -3.94. The van der Waals surface area contributed by atoms with E-state index in [1.807, 2.05) is 0 Å². The minimum Gasteiger partial charge on any atom is -0.197 e. The van der Waals surface area contributed by atoms with Crippen LogP contribution in [0.15, 0.2) is 0 Å². The first-order valence-electron chi connectivity index (χ1n) is 2.11. The molecule has 0 aliphatic carbocycles. The molecule has 0 fully saturated rings. The van der Waals surface area contributed by atoms with Gasteiger partial charge in [-0.15, -0.1) is 0 Å². The van der Waals surface area contributed by atoms with Crippen LogP contribution in [0.1, 0.15) is 0 Å². The molecule has 7 heteroatoms. The first-order valence-corrected chi connectivity index (χ1v) is 4.38. The predicted octanol–water partition coefficient (Wildman–Crippen LogP) is 3.82. The van der Waals surface area contributed by atoms with E-state index in [1.54, 1.807) is 0 Å². The average Bonchev–Trinajstić information content (AvgIpc) is 1.56. The molecule has 0 spiro atoms. The van der Waals surface area contributed by atoms with Gasteiger partial charge in [0, 0.05) is 0 Å². The van der Waals surface area contributed by atoms with Crippen LogP contribution < -0.4 is 0 Å². The van der Waals surface area contributed by atoms with Gasteiger partial charge in [0.2, 0.25) is 7.59 Å². The zero-order valence-electron chi connectivity index (χ0n) is 4.72. The zero-order valence-corrected chi connectivity index (χ0v) is 9.25. The number of rotatable bonds is 0. The summed E-state index contributed by atoms with van der Waals surface area (Å²) >= 11 is 31.8. The Balaban J connectivity index is 4.60. The molecule has 11 heavy (non-hydrogen) atoms. The monoisotopic (exact) mass is 272 g/mol. The van der Waals surface area contributed by atoms with Crippen molar-refractivity contribution in [2.45, 2.75) is 7.59 Å². The van der Waals surface area contributed by atoms with Gasteiger partial charge in [-0.3, -0.25) is 0 Å². The minimum atomic E-state index is -1.97. The van der Waals surface area contributed by atoms with Crippen molar-refractivity contribution < 1.29 is 0 Å². The van der Waals surface area contributed by atoms with Crippen LogP contribution in [-0.2, 0) is 0 Å². The van der Waals surface area contributed by atoms with Gasteiger partial charge in [-0.05, 0) is 0 Å². The maximum atomic E-state index is 8.40. The summed E-state index contributed by atoms with van der Waals surface area (Å²) in [6.45, 7) is 0. The number of hydrogen-bond donors (Lipinski definition) is 0. The van der Waals surface area contributed by atoms with E-state index in [-0.39, 0.29) is 0 Å². The van der Waals surface area contributed by atoms with Crippen molar-refractivity contribution in [1.29, 1.82) is 5.26 Å². The van der Waals surface area contributed by atoms with E-state index < -0.39 is 13.5 Å². The van der Waals surface area contributed by atoms with E-state index in [4.69, 9.17) is 74.9 Å². The van der Waals surface area contributed by atoms with Crippen molar-refractivity contribution in [3.05, 3.63) is 5.92 Å². The van der Waals surface area contributed by atoms with Crippen molar-refractivity contribution in [2.24, 2.45) is 0 Å². The van der Waals surface area contributed by atoms with Gasteiger partial charge < -0.3 is 0 Å². The predicted molar refractivity (Wildman–Crippen MR) is 49.4 cm³/mol. The smallest absolute Gasteiger partial charge is 0.197 e. The third-order valence-corrected chi connectivity index (χ3v) is 1.81. The lowest BCUT2D eigenvalue weighted by atomic mass is 10.2. The highest BCUT2D eigenvalue weighted by atomic mass is 35.6. The standard InChI is InChI=1S/C4Cl6N/c5-3(6,7)2(1-11)4(8,9)10. The molecule has 0 amide bonds. The lowest BCUT2D eigenvalue weighted by Gasteiger charge is -2.22. The molecule has 0 bridgehead atoms. The summed E-state index contributed by atoms with van der Waals surface area (Å²) in [5.41, 5.74) is 0. The van der Waals surface area contributed by atoms with Crippen molar-refractivity contribution in [3.63, 3.8) is 0 Å². The molecular formula is C4Cl6N. The fraction of sp³-hybridized carbons (Fsp3) is 0.500. The molecule has 1 nitrogen and oxygen atoms in total. The molecular weight excluding hydrogens is 275 g/mol. The molecule has 0 aromatic carbocycles. The van der Waals surface area contributed by atoms with Gasteiger partial charge in [0.25, 0.3) is 0 Å². The minimum absolute atomic E-state index is 0.444. The first kappa shape index (κ1) is 12.2. The molecule has 0 N–H and O–H groups in total. The lowest BCUT2D eigenvalue weighted by molar-refractivity contribution is 1.01. The molecule has 63 valence electrons. The maximum Gasteiger partial charge on any atom is 0.215 e. The van der Waals surface area contributed by atoms with Crippen LogP contribution in [0, 0.1) is 17.2 Å². The van der Waals surface area contributed by atoms with Gasteiger partial charge in [0.05, 0.1) is 6.07 Å². The Kier molecular flexibility index (Phi) is 4.40. The van der Waals surface area contributed by atoms with Gasteiger partial charge in [-0.1, -0.05) is 69.6 Å². The number of hydrogen-bond acceptors (Lipinski definition) is 1. The highest BCUT2D eigenvalue weighted by Crippen LogP contribution is 2.49. The van der Waals surface area contributed by atoms with E-state index in [0.29, 0.717) is 0 Å². The summed E-state index contributed by atoms with van der Waals surface area (Å²) in [5, 5.41) is 8.40. The number of nitrogens with zero attached hydrogens (tertiary/aromatic N) is 1. The second-order valence-electron chi connectivity index (χ2n) is 1.48. The van der Waals surface area contributed by atoms with Crippen molar-refractivity contribution in [2.75, 3.05) is 0 Å². The summed E-state index contributed by atoms with van der Waals surface area (Å²) in [6.07, 6.45) is 0. The molecule has 0 aromatic rings. The Labute approximate surface area is 94.0 Å². The van der Waals surface area contributed by atoms with Gasteiger partial charge in [-0.25, -0.2) is 0 Å². The third-order valence-electron chi connectivity index (χ3n) is 0.679. The topological polar surface area (TPSA) is 23.8 Å². The average molecular weight is 275 g/mol. The summed E-state index contributed by atoms with van der Waals surface area (Å²) in [6, 6.07) is 1.51. The molecule has 1 radical (unpaired) electrons. The summed E-state index contributed by atoms with van der Waals surface area (Å²) in [7, 11) is 0. The largest absolute Gasteiger partial charge is 0.215 e. The number of alkyl halides is 6. The van der Waals surface area contributed by atoms with Crippen LogP contribution >= 0.6 is 69.6 Å². The van der Waals surface area contributed by atoms with Crippen LogP contribution in [0.25, 0.3) is 0 Å². The SMILES string of the molecule is N#C[C](C(Cl)(Cl)Cl)C(Cl)(Cl)Cl. The van der Waals surface area contributed by atoms with E-state index in [9.17, 15) is 0 Å². The lowest BCUT2D eigenvalue weighted by Crippen LogP contribution is -2.27. The molecule has 0 unspecified atom stereocenters.